The summed E-state index contributed by atoms with van der Waals surface area (Å²) in [4.78, 5) is 10.9. The fourth-order valence-corrected chi connectivity index (χ4v) is 0.652. The summed E-state index contributed by atoms with van der Waals surface area (Å²) in [5, 5.41) is 28.6. The topological polar surface area (TPSA) is 99.0 Å². The number of alkyl carbamates (subject to hydrolysis) is 1. The van der Waals surface area contributed by atoms with E-state index in [0.29, 0.717) is 0 Å². The molecule has 0 fully saturated rings. The fourth-order valence-electron chi connectivity index (χ4n) is 0.652. The number of carbonyl (C=O) groups is 1. The third-order valence-corrected chi connectivity index (χ3v) is 1.55. The Kier molecular flexibility index (Phi) is 5.36. The Balaban J connectivity index is 4.16. The van der Waals surface area contributed by atoms with Crippen LogP contribution in [0.2, 0.25) is 0 Å². The molecule has 13 heavy (non-hydrogen) atoms. The minimum atomic E-state index is -1.41. The van der Waals surface area contributed by atoms with E-state index in [9.17, 15) is 4.79 Å². The van der Waals surface area contributed by atoms with E-state index in [1.807, 2.05) is 0 Å². The molecule has 0 aliphatic carbocycles. The highest BCUT2D eigenvalue weighted by Gasteiger charge is 2.30. The quantitative estimate of drug-likeness (QED) is 0.423. The van der Waals surface area contributed by atoms with E-state index < -0.39 is 31.5 Å². The molecule has 0 aliphatic heterocycles. The van der Waals surface area contributed by atoms with Gasteiger partial charge in [0.05, 0.1) is 26.4 Å². The van der Waals surface area contributed by atoms with E-state index in [1.54, 1.807) is 6.92 Å². The van der Waals surface area contributed by atoms with Gasteiger partial charge in [0, 0.05) is 0 Å². The van der Waals surface area contributed by atoms with Gasteiger partial charge in [-0.15, -0.1) is 0 Å². The lowest BCUT2D eigenvalue weighted by atomic mass is 10.0. The van der Waals surface area contributed by atoms with E-state index in [2.05, 4.69) is 10.1 Å². The third-order valence-electron chi connectivity index (χ3n) is 1.55. The van der Waals surface area contributed by atoms with Crippen molar-refractivity contribution in [3.63, 3.8) is 0 Å². The fraction of sp³-hybridized carbons (Fsp3) is 0.857. The molecule has 0 aliphatic rings. The lowest BCUT2D eigenvalue weighted by Gasteiger charge is -2.27. The molecule has 0 spiro atoms. The average molecular weight is 193 g/mol. The van der Waals surface area contributed by atoms with Crippen LogP contribution in [0.1, 0.15) is 6.92 Å². The predicted molar refractivity (Wildman–Crippen MR) is 44.1 cm³/mol. The van der Waals surface area contributed by atoms with E-state index in [1.165, 1.54) is 0 Å². The highest BCUT2D eigenvalue weighted by atomic mass is 16.5. The maximum absolute atomic E-state index is 10.9. The largest absolute Gasteiger partial charge is 0.450 e. The van der Waals surface area contributed by atoms with Crippen molar-refractivity contribution in [2.75, 3.05) is 26.4 Å². The third kappa shape index (κ3) is 3.58. The summed E-state index contributed by atoms with van der Waals surface area (Å²) in [5.74, 6) is 0. The number of hydrogen-bond acceptors (Lipinski definition) is 5. The number of carbonyl (C=O) groups excluding carboxylic acids is 1. The van der Waals surface area contributed by atoms with Crippen LogP contribution in [-0.2, 0) is 4.74 Å². The lowest BCUT2D eigenvalue weighted by Crippen LogP contribution is -2.57. The monoisotopic (exact) mass is 193 g/mol. The normalized spacial score (nSPS) is 11.1. The summed E-state index contributed by atoms with van der Waals surface area (Å²) in [7, 11) is 0. The minimum absolute atomic E-state index is 0.185. The van der Waals surface area contributed by atoms with Crippen molar-refractivity contribution in [2.45, 2.75) is 12.5 Å². The van der Waals surface area contributed by atoms with Gasteiger partial charge in [-0.05, 0) is 6.92 Å². The van der Waals surface area contributed by atoms with E-state index >= 15 is 0 Å². The van der Waals surface area contributed by atoms with Crippen molar-refractivity contribution >= 4 is 6.09 Å². The zero-order valence-electron chi connectivity index (χ0n) is 7.49. The van der Waals surface area contributed by atoms with Crippen LogP contribution < -0.4 is 5.32 Å². The first-order chi connectivity index (χ1) is 6.14. The molecule has 1 amide bonds. The van der Waals surface area contributed by atoms with Gasteiger partial charge in [0.15, 0.2) is 0 Å². The molecule has 0 atom stereocenters. The molecule has 0 radical (unpaired) electrons. The highest BCUT2D eigenvalue weighted by molar-refractivity contribution is 5.68. The smallest absolute Gasteiger partial charge is 0.407 e. The van der Waals surface area contributed by atoms with Gasteiger partial charge >= 0.3 is 6.09 Å². The molecule has 4 N–H and O–H groups in total. The van der Waals surface area contributed by atoms with Gasteiger partial charge in [-0.2, -0.15) is 0 Å². The van der Waals surface area contributed by atoms with Gasteiger partial charge in [0.1, 0.15) is 5.54 Å². The Morgan fingerprint density at radius 2 is 1.77 bits per heavy atom. The second kappa shape index (κ2) is 5.74. The SMILES string of the molecule is CCOC(=O)NC(CO)(CO)CO. The molecule has 6 heteroatoms. The molecule has 0 heterocycles. The summed E-state index contributed by atoms with van der Waals surface area (Å²) < 4.78 is 4.52. The summed E-state index contributed by atoms with van der Waals surface area (Å²) in [6.45, 7) is 0.138. The molecule has 0 aromatic carbocycles. The number of aliphatic hydroxyl groups excluding tert-OH is 3. The first-order valence-corrected chi connectivity index (χ1v) is 3.91. The molecule has 0 unspecified atom stereocenters. The maximum atomic E-state index is 10.9. The molecule has 0 rings (SSSR count). The van der Waals surface area contributed by atoms with Crippen LogP contribution in [0.15, 0.2) is 0 Å². The van der Waals surface area contributed by atoms with Crippen molar-refractivity contribution in [2.24, 2.45) is 0 Å². The Morgan fingerprint density at radius 3 is 2.08 bits per heavy atom. The average Bonchev–Trinajstić information content (AvgIpc) is 2.15. The Labute approximate surface area is 76.1 Å². The molecule has 0 saturated carbocycles. The molecule has 78 valence electrons. The molecule has 0 saturated heterocycles. The molecule has 0 aromatic rings. The summed E-state index contributed by atoms with van der Waals surface area (Å²) in [5.41, 5.74) is -1.41. The molecular weight excluding hydrogens is 178 g/mol. The highest BCUT2D eigenvalue weighted by Crippen LogP contribution is 2.01. The van der Waals surface area contributed by atoms with Crippen LogP contribution >= 0.6 is 0 Å². The standard InChI is InChI=1S/C7H15NO5/c1-2-13-6(12)8-7(3-9,4-10)5-11/h9-11H,2-5H2,1H3,(H,8,12). The van der Waals surface area contributed by atoms with E-state index in [0.717, 1.165) is 0 Å². The molecule has 6 nitrogen and oxygen atoms in total. The van der Waals surface area contributed by atoms with Gasteiger partial charge in [-0.25, -0.2) is 4.79 Å². The van der Waals surface area contributed by atoms with Gasteiger partial charge in [-0.1, -0.05) is 0 Å². The zero-order chi connectivity index (χ0) is 10.3. The second-order valence-corrected chi connectivity index (χ2v) is 2.60. The summed E-state index contributed by atoms with van der Waals surface area (Å²) in [6.07, 6.45) is -0.778. The van der Waals surface area contributed by atoms with Crippen LogP contribution in [0, 0.1) is 0 Å². The molecule has 0 aromatic heterocycles. The van der Waals surface area contributed by atoms with Crippen molar-refractivity contribution in [1.29, 1.82) is 0 Å². The minimum Gasteiger partial charge on any atom is -0.450 e. The van der Waals surface area contributed by atoms with Crippen molar-refractivity contribution in [3.05, 3.63) is 0 Å². The predicted octanol–water partition coefficient (Wildman–Crippen LogP) is -1.55. The summed E-state index contributed by atoms with van der Waals surface area (Å²) >= 11 is 0. The number of rotatable bonds is 5. The summed E-state index contributed by atoms with van der Waals surface area (Å²) in [6, 6.07) is 0. The number of amides is 1. The number of hydrogen-bond donors (Lipinski definition) is 4. The molecule has 0 bridgehead atoms. The van der Waals surface area contributed by atoms with Gasteiger partial charge in [0.25, 0.3) is 0 Å². The van der Waals surface area contributed by atoms with Crippen molar-refractivity contribution in [1.82, 2.24) is 5.32 Å². The molecular formula is C7H15NO5. The van der Waals surface area contributed by atoms with Crippen LogP contribution in [-0.4, -0.2) is 53.4 Å². The van der Waals surface area contributed by atoms with Crippen LogP contribution in [0.25, 0.3) is 0 Å². The lowest BCUT2D eigenvalue weighted by molar-refractivity contribution is 0.0376. The number of aliphatic hydroxyl groups is 3. The zero-order valence-corrected chi connectivity index (χ0v) is 7.49. The maximum Gasteiger partial charge on any atom is 0.407 e. The van der Waals surface area contributed by atoms with Crippen molar-refractivity contribution in [3.8, 4) is 0 Å². The van der Waals surface area contributed by atoms with Crippen molar-refractivity contribution < 1.29 is 24.9 Å². The first-order valence-electron chi connectivity index (χ1n) is 3.91. The Morgan fingerprint density at radius 1 is 1.31 bits per heavy atom. The van der Waals surface area contributed by atoms with Gasteiger partial charge in [0.2, 0.25) is 0 Å². The van der Waals surface area contributed by atoms with Crippen LogP contribution in [0.5, 0.6) is 0 Å². The number of ether oxygens (including phenoxy) is 1. The number of nitrogens with one attached hydrogen (secondary N) is 1. The van der Waals surface area contributed by atoms with Crippen LogP contribution in [0.3, 0.4) is 0 Å². The van der Waals surface area contributed by atoms with E-state index in [4.69, 9.17) is 15.3 Å². The second-order valence-electron chi connectivity index (χ2n) is 2.60. The Hall–Kier alpha value is -0.850. The van der Waals surface area contributed by atoms with Crippen LogP contribution in [0.4, 0.5) is 4.79 Å². The van der Waals surface area contributed by atoms with E-state index in [-0.39, 0.29) is 6.61 Å². The Bertz CT molecular complexity index is 149. The first kappa shape index (κ1) is 12.2. The van der Waals surface area contributed by atoms with Gasteiger partial charge < -0.3 is 25.4 Å². The van der Waals surface area contributed by atoms with Gasteiger partial charge in [-0.3, -0.25) is 0 Å².